The van der Waals surface area contributed by atoms with Crippen LogP contribution in [-0.2, 0) is 0 Å². The predicted molar refractivity (Wildman–Crippen MR) is 87.6 cm³/mol. The number of hydrogen-bond donors (Lipinski definition) is 1. The number of aromatic nitrogens is 2. The smallest absolute Gasteiger partial charge is 0.282 e. The molecule has 1 N–H and O–H groups in total. The highest BCUT2D eigenvalue weighted by Gasteiger charge is 2.03. The third-order valence-electron chi connectivity index (χ3n) is 3.15. The summed E-state index contributed by atoms with van der Waals surface area (Å²) in [7, 11) is 0. The summed E-state index contributed by atoms with van der Waals surface area (Å²) < 4.78 is 1.49. The summed E-state index contributed by atoms with van der Waals surface area (Å²) in [6.07, 6.45) is 1.63. The lowest BCUT2D eigenvalue weighted by molar-refractivity contribution is 0.800. The van der Waals surface area contributed by atoms with E-state index >= 15 is 0 Å². The summed E-state index contributed by atoms with van der Waals surface area (Å²) in [5, 5.41) is 4.77. The van der Waals surface area contributed by atoms with Gasteiger partial charge in [-0.05, 0) is 36.8 Å². The number of benzene rings is 2. The summed E-state index contributed by atoms with van der Waals surface area (Å²) >= 11 is 5.20. The molecule has 2 aromatic carbocycles. The molecule has 3 rings (SSSR count). The number of aromatic amines is 1. The second-order valence-corrected chi connectivity index (χ2v) is 5.14. The minimum atomic E-state index is -0.224. The van der Waals surface area contributed by atoms with E-state index in [0.29, 0.717) is 5.39 Å². The van der Waals surface area contributed by atoms with Gasteiger partial charge in [0.2, 0.25) is 4.77 Å². The molecular formula is C16H13N3OS. The van der Waals surface area contributed by atoms with Crippen LogP contribution in [0.3, 0.4) is 0 Å². The van der Waals surface area contributed by atoms with Gasteiger partial charge in [0.15, 0.2) is 0 Å². The number of H-pyrrole nitrogens is 1. The Bertz CT molecular complexity index is 953. The van der Waals surface area contributed by atoms with Gasteiger partial charge in [-0.25, -0.2) is 0 Å². The van der Waals surface area contributed by atoms with Gasteiger partial charge in [-0.3, -0.25) is 4.79 Å². The van der Waals surface area contributed by atoms with Crippen LogP contribution in [0.1, 0.15) is 11.1 Å². The second-order valence-electron chi connectivity index (χ2n) is 4.75. The molecule has 4 nitrogen and oxygen atoms in total. The van der Waals surface area contributed by atoms with E-state index in [9.17, 15) is 4.79 Å². The first-order chi connectivity index (χ1) is 10.1. The van der Waals surface area contributed by atoms with Gasteiger partial charge in [-0.2, -0.15) is 9.78 Å². The molecule has 0 aliphatic rings. The van der Waals surface area contributed by atoms with E-state index in [4.69, 9.17) is 12.2 Å². The quantitative estimate of drug-likeness (QED) is 0.583. The highest BCUT2D eigenvalue weighted by molar-refractivity contribution is 7.71. The maximum absolute atomic E-state index is 12.4. The van der Waals surface area contributed by atoms with Gasteiger partial charge < -0.3 is 4.98 Å². The monoisotopic (exact) mass is 295 g/mol. The van der Waals surface area contributed by atoms with E-state index < -0.39 is 0 Å². The maximum Gasteiger partial charge on any atom is 0.282 e. The van der Waals surface area contributed by atoms with Crippen molar-refractivity contribution in [2.45, 2.75) is 6.92 Å². The first-order valence-corrected chi connectivity index (χ1v) is 6.91. The number of hydrogen-bond acceptors (Lipinski definition) is 3. The molecule has 1 aromatic heterocycles. The zero-order valence-electron chi connectivity index (χ0n) is 11.4. The van der Waals surface area contributed by atoms with Crippen LogP contribution in [-0.4, -0.2) is 15.9 Å². The van der Waals surface area contributed by atoms with Crippen molar-refractivity contribution in [1.29, 1.82) is 0 Å². The summed E-state index contributed by atoms with van der Waals surface area (Å²) in [6, 6.07) is 15.1. The van der Waals surface area contributed by atoms with Gasteiger partial charge in [0.25, 0.3) is 5.56 Å². The third kappa shape index (κ3) is 2.68. The fourth-order valence-electron chi connectivity index (χ4n) is 2.13. The third-order valence-corrected chi connectivity index (χ3v) is 3.42. The van der Waals surface area contributed by atoms with Crippen LogP contribution in [0.5, 0.6) is 0 Å². The minimum Gasteiger partial charge on any atom is -0.330 e. The number of aryl methyl sites for hydroxylation is 1. The van der Waals surface area contributed by atoms with E-state index in [1.54, 1.807) is 12.3 Å². The molecule has 0 unspecified atom stereocenters. The van der Waals surface area contributed by atoms with Crippen molar-refractivity contribution in [3.05, 3.63) is 74.8 Å². The Morgan fingerprint density at radius 1 is 1.19 bits per heavy atom. The molecule has 0 aliphatic carbocycles. The lowest BCUT2D eigenvalue weighted by Gasteiger charge is -2.02. The van der Waals surface area contributed by atoms with Crippen LogP contribution >= 0.6 is 12.2 Å². The highest BCUT2D eigenvalue weighted by atomic mass is 32.1. The lowest BCUT2D eigenvalue weighted by atomic mass is 10.2. The van der Waals surface area contributed by atoms with Gasteiger partial charge in [0.1, 0.15) is 0 Å². The Morgan fingerprint density at radius 2 is 2.00 bits per heavy atom. The highest BCUT2D eigenvalue weighted by Crippen LogP contribution is 2.06. The molecule has 21 heavy (non-hydrogen) atoms. The van der Waals surface area contributed by atoms with Crippen LogP contribution in [0.25, 0.3) is 10.9 Å². The van der Waals surface area contributed by atoms with Crippen LogP contribution in [0.4, 0.5) is 0 Å². The van der Waals surface area contributed by atoms with Crippen molar-refractivity contribution in [1.82, 2.24) is 9.66 Å². The molecule has 0 amide bonds. The fourth-order valence-corrected chi connectivity index (χ4v) is 2.37. The molecule has 1 heterocycles. The maximum atomic E-state index is 12.4. The molecule has 0 saturated carbocycles. The lowest BCUT2D eigenvalue weighted by Crippen LogP contribution is -2.18. The molecule has 104 valence electrons. The van der Waals surface area contributed by atoms with Crippen molar-refractivity contribution in [3.8, 4) is 0 Å². The SMILES string of the molecule is Cc1cccc(/C=N\n2c(=S)[nH]c3ccccc3c2=O)c1. The van der Waals surface area contributed by atoms with Crippen LogP contribution < -0.4 is 5.56 Å². The summed E-state index contributed by atoms with van der Waals surface area (Å²) in [6.45, 7) is 2.01. The number of fused-ring (bicyclic) bond motifs is 1. The number of rotatable bonds is 2. The van der Waals surface area contributed by atoms with Crippen molar-refractivity contribution >= 4 is 29.3 Å². The average molecular weight is 295 g/mol. The number of nitrogens with one attached hydrogen (secondary N) is 1. The zero-order chi connectivity index (χ0) is 14.8. The first kappa shape index (κ1) is 13.5. The normalized spacial score (nSPS) is 11.3. The molecule has 5 heteroatoms. The molecule has 0 bridgehead atoms. The van der Waals surface area contributed by atoms with Gasteiger partial charge in [0.05, 0.1) is 17.1 Å². The molecule has 0 aliphatic heterocycles. The second kappa shape index (κ2) is 5.46. The summed E-state index contributed by atoms with van der Waals surface area (Å²) in [5.41, 5.74) is 2.55. The van der Waals surface area contributed by atoms with Crippen molar-refractivity contribution in [3.63, 3.8) is 0 Å². The average Bonchev–Trinajstić information content (AvgIpc) is 2.47. The van der Waals surface area contributed by atoms with Crippen LogP contribution in [0, 0.1) is 11.7 Å². The zero-order valence-corrected chi connectivity index (χ0v) is 12.2. The van der Waals surface area contributed by atoms with Gasteiger partial charge in [-0.1, -0.05) is 42.0 Å². The van der Waals surface area contributed by atoms with Gasteiger partial charge in [-0.15, -0.1) is 0 Å². The topological polar surface area (TPSA) is 50.1 Å². The van der Waals surface area contributed by atoms with E-state index in [0.717, 1.165) is 16.6 Å². The standard InChI is InChI=1S/C16H13N3OS/c1-11-5-4-6-12(9-11)10-17-19-15(20)13-7-2-3-8-14(13)18-16(19)21/h2-10H,1H3,(H,18,21)/b17-10-. The van der Waals surface area contributed by atoms with E-state index in [1.807, 2.05) is 49.4 Å². The molecule has 0 saturated heterocycles. The summed E-state index contributed by atoms with van der Waals surface area (Å²) in [5.74, 6) is 0. The van der Waals surface area contributed by atoms with Gasteiger partial charge >= 0.3 is 0 Å². The number of para-hydroxylation sites is 1. The fraction of sp³-hybridized carbons (Fsp3) is 0.0625. The van der Waals surface area contributed by atoms with Crippen LogP contribution in [0.15, 0.2) is 58.4 Å². The Balaban J connectivity index is 2.13. The largest absolute Gasteiger partial charge is 0.330 e. The van der Waals surface area contributed by atoms with Gasteiger partial charge in [0, 0.05) is 0 Å². The van der Waals surface area contributed by atoms with Crippen molar-refractivity contribution < 1.29 is 0 Å². The minimum absolute atomic E-state index is 0.224. The molecule has 0 spiro atoms. The Kier molecular flexibility index (Phi) is 3.50. The summed E-state index contributed by atoms with van der Waals surface area (Å²) in [4.78, 5) is 15.4. The molecule has 0 fully saturated rings. The molecule has 0 radical (unpaired) electrons. The molecular weight excluding hydrogens is 282 g/mol. The predicted octanol–water partition coefficient (Wildman–Crippen LogP) is 3.25. The molecule has 0 atom stereocenters. The van der Waals surface area contributed by atoms with E-state index in [1.165, 1.54) is 4.68 Å². The van der Waals surface area contributed by atoms with Crippen LogP contribution in [0.2, 0.25) is 0 Å². The molecule has 3 aromatic rings. The number of nitrogens with zero attached hydrogens (tertiary/aromatic N) is 2. The first-order valence-electron chi connectivity index (χ1n) is 6.50. The Morgan fingerprint density at radius 3 is 2.81 bits per heavy atom. The van der Waals surface area contributed by atoms with Crippen molar-refractivity contribution in [2.24, 2.45) is 5.10 Å². The Hall–Kier alpha value is -2.53. The Labute approximate surface area is 126 Å². The van der Waals surface area contributed by atoms with E-state index in [-0.39, 0.29) is 10.3 Å². The van der Waals surface area contributed by atoms with E-state index in [2.05, 4.69) is 10.1 Å². The van der Waals surface area contributed by atoms with Crippen molar-refractivity contribution in [2.75, 3.05) is 0 Å².